The zero-order chi connectivity index (χ0) is 71.7. The molecule has 3 N–H and O–H groups in total. The Bertz CT molecular complexity index is 1900. The Morgan fingerprint density at radius 2 is 0.433 bits per heavy atom. The number of unbranched alkanes of at least 4 members (excludes halogenated alkanes) is 41. The van der Waals surface area contributed by atoms with Gasteiger partial charge in [-0.15, -0.1) is 0 Å². The number of hydrogen-bond acceptors (Lipinski definition) is 15. The first-order valence-corrected chi connectivity index (χ1v) is 43.2. The van der Waals surface area contributed by atoms with Crippen molar-refractivity contribution in [2.45, 2.75) is 414 Å². The number of rotatable bonds is 75. The van der Waals surface area contributed by atoms with Gasteiger partial charge >= 0.3 is 39.5 Å². The summed E-state index contributed by atoms with van der Waals surface area (Å²) in [4.78, 5) is 72.9. The van der Waals surface area contributed by atoms with E-state index in [1.807, 2.05) is 0 Å². The van der Waals surface area contributed by atoms with E-state index in [1.165, 1.54) is 193 Å². The van der Waals surface area contributed by atoms with Gasteiger partial charge < -0.3 is 33.8 Å². The molecule has 0 aromatic carbocycles. The fraction of sp³-hybridized carbons (Fsp3) is 0.949. The Morgan fingerprint density at radius 1 is 0.258 bits per heavy atom. The van der Waals surface area contributed by atoms with E-state index < -0.39 is 97.5 Å². The molecule has 0 radical (unpaired) electrons. The number of phosphoric ester groups is 2. The zero-order valence-corrected chi connectivity index (χ0v) is 65.5. The molecule has 576 valence electrons. The van der Waals surface area contributed by atoms with Crippen LogP contribution in [-0.4, -0.2) is 96.7 Å². The molecule has 97 heavy (non-hydrogen) atoms. The normalized spacial score (nSPS) is 14.1. The third-order valence-electron chi connectivity index (χ3n) is 18.1. The molecule has 0 spiro atoms. The second kappa shape index (κ2) is 67.2. The highest BCUT2D eigenvalue weighted by molar-refractivity contribution is 7.47. The summed E-state index contributed by atoms with van der Waals surface area (Å²) in [5.74, 6) is 0.941. The quantitative estimate of drug-likeness (QED) is 0.0222. The average Bonchev–Trinajstić information content (AvgIpc) is 1.18. The van der Waals surface area contributed by atoms with Crippen LogP contribution in [0.15, 0.2) is 0 Å². The van der Waals surface area contributed by atoms with Crippen molar-refractivity contribution in [2.75, 3.05) is 39.6 Å². The van der Waals surface area contributed by atoms with Crippen molar-refractivity contribution in [1.29, 1.82) is 0 Å². The molecule has 19 heteroatoms. The summed E-state index contributed by atoms with van der Waals surface area (Å²) in [5.41, 5.74) is 0. The summed E-state index contributed by atoms with van der Waals surface area (Å²) in [6, 6.07) is 0. The molecule has 17 nitrogen and oxygen atoms in total. The average molecular weight is 1420 g/mol. The van der Waals surface area contributed by atoms with Crippen LogP contribution >= 0.6 is 15.6 Å². The van der Waals surface area contributed by atoms with Gasteiger partial charge in [-0.1, -0.05) is 344 Å². The van der Waals surface area contributed by atoms with Crippen molar-refractivity contribution in [3.63, 3.8) is 0 Å². The summed E-state index contributed by atoms with van der Waals surface area (Å²) < 4.78 is 68.6. The lowest BCUT2D eigenvalue weighted by Crippen LogP contribution is -2.30. The number of hydrogen-bond donors (Lipinski definition) is 3. The van der Waals surface area contributed by atoms with Crippen LogP contribution in [0.4, 0.5) is 0 Å². The van der Waals surface area contributed by atoms with E-state index in [1.54, 1.807) is 0 Å². The first-order valence-electron chi connectivity index (χ1n) is 40.2. The van der Waals surface area contributed by atoms with Crippen LogP contribution in [0.1, 0.15) is 396 Å². The number of carbonyl (C=O) groups excluding carboxylic acids is 4. The molecule has 0 amide bonds. The predicted octanol–water partition coefficient (Wildman–Crippen LogP) is 22.8. The standard InChI is InChI=1S/C78H152O17P2/c1-68(2)54-46-38-30-23-17-11-9-10-12-21-27-35-44-52-60-77(82)94-73(64-88-75(80)58-50-42-34-26-20-15-13-18-24-31-39-47-55-69(3)4)66-92-96(84,85)90-62-72(79)63-91-97(86,87)93-67-74(65-89-76(81)59-51-43-37-29-33-41-49-57-71(7)8)95-78(83)61-53-45-36-28-22-16-14-19-25-32-40-48-56-70(5)6/h68-74,79H,9-67H2,1-8H3,(H,84,85)(H,86,87)/t72?,73-,74-/m1/s1. The van der Waals surface area contributed by atoms with Crippen molar-refractivity contribution in [3.8, 4) is 0 Å². The molecule has 0 saturated heterocycles. The first-order chi connectivity index (χ1) is 46.6. The molecule has 0 aliphatic carbocycles. The van der Waals surface area contributed by atoms with Crippen molar-refractivity contribution < 1.29 is 80.2 Å². The van der Waals surface area contributed by atoms with Crippen LogP contribution in [0.3, 0.4) is 0 Å². The summed E-state index contributed by atoms with van der Waals surface area (Å²) >= 11 is 0. The number of esters is 4. The van der Waals surface area contributed by atoms with Gasteiger partial charge in [0, 0.05) is 25.7 Å². The van der Waals surface area contributed by atoms with Crippen LogP contribution in [0.5, 0.6) is 0 Å². The Balaban J connectivity index is 5.26. The SMILES string of the molecule is CC(C)CCCCCCCCCCCCCCCCC(=O)O[C@H](COC(=O)CCCCCCCCCCCCCCC(C)C)COP(=O)(O)OCC(O)COP(=O)(O)OC[C@@H](COC(=O)CCCCCCCCCC(C)C)OC(=O)CCCCCCCCCCCCCCC(C)C. The predicted molar refractivity (Wildman–Crippen MR) is 395 cm³/mol. The summed E-state index contributed by atoms with van der Waals surface area (Å²) in [5, 5.41) is 10.6. The van der Waals surface area contributed by atoms with Crippen molar-refractivity contribution in [2.24, 2.45) is 23.7 Å². The Labute approximate surface area is 594 Å². The van der Waals surface area contributed by atoms with Gasteiger partial charge in [0.25, 0.3) is 0 Å². The van der Waals surface area contributed by atoms with Gasteiger partial charge in [-0.3, -0.25) is 37.3 Å². The van der Waals surface area contributed by atoms with Gasteiger partial charge in [-0.05, 0) is 49.4 Å². The Kier molecular flexibility index (Phi) is 65.9. The van der Waals surface area contributed by atoms with E-state index in [2.05, 4.69) is 55.4 Å². The molecular weight excluding hydrogens is 1270 g/mol. The first kappa shape index (κ1) is 95.1. The Hall–Kier alpha value is -1.94. The second-order valence-electron chi connectivity index (χ2n) is 30.0. The van der Waals surface area contributed by atoms with E-state index in [9.17, 15) is 43.2 Å². The number of phosphoric acid groups is 2. The van der Waals surface area contributed by atoms with Gasteiger partial charge in [0.2, 0.25) is 0 Å². The minimum atomic E-state index is -4.96. The maximum Gasteiger partial charge on any atom is 0.472 e. The third-order valence-corrected chi connectivity index (χ3v) is 20.0. The Morgan fingerprint density at radius 3 is 0.639 bits per heavy atom. The minimum absolute atomic E-state index is 0.106. The second-order valence-corrected chi connectivity index (χ2v) is 32.9. The van der Waals surface area contributed by atoms with Gasteiger partial charge in [0.1, 0.15) is 19.3 Å². The number of aliphatic hydroxyl groups excluding tert-OH is 1. The summed E-state index contributed by atoms with van der Waals surface area (Å²) in [6.45, 7) is 14.2. The van der Waals surface area contributed by atoms with E-state index in [-0.39, 0.29) is 25.7 Å². The molecule has 3 unspecified atom stereocenters. The van der Waals surface area contributed by atoms with E-state index in [0.717, 1.165) is 114 Å². The lowest BCUT2D eigenvalue weighted by molar-refractivity contribution is -0.161. The maximum absolute atomic E-state index is 13.1. The molecule has 5 atom stereocenters. The molecule has 0 aliphatic heterocycles. The van der Waals surface area contributed by atoms with Crippen LogP contribution in [0, 0.1) is 23.7 Å². The number of aliphatic hydroxyl groups is 1. The molecule has 0 aromatic rings. The monoisotopic (exact) mass is 1420 g/mol. The van der Waals surface area contributed by atoms with Crippen LogP contribution < -0.4 is 0 Å². The fourth-order valence-electron chi connectivity index (χ4n) is 11.9. The van der Waals surface area contributed by atoms with Crippen LogP contribution in [0.2, 0.25) is 0 Å². The summed E-state index contributed by atoms with van der Waals surface area (Å²) in [7, 11) is -9.92. The highest BCUT2D eigenvalue weighted by Crippen LogP contribution is 2.45. The molecular formula is C78H152O17P2. The molecule has 0 aliphatic rings. The lowest BCUT2D eigenvalue weighted by Gasteiger charge is -2.21. The smallest absolute Gasteiger partial charge is 0.462 e. The van der Waals surface area contributed by atoms with Crippen LogP contribution in [-0.2, 0) is 65.4 Å². The van der Waals surface area contributed by atoms with Gasteiger partial charge in [-0.2, -0.15) is 0 Å². The number of ether oxygens (including phenoxy) is 4. The van der Waals surface area contributed by atoms with E-state index >= 15 is 0 Å². The highest BCUT2D eigenvalue weighted by Gasteiger charge is 2.30. The number of carbonyl (C=O) groups is 4. The van der Waals surface area contributed by atoms with E-state index in [0.29, 0.717) is 31.6 Å². The molecule has 0 heterocycles. The largest absolute Gasteiger partial charge is 0.472 e. The zero-order valence-electron chi connectivity index (χ0n) is 63.7. The van der Waals surface area contributed by atoms with Crippen molar-refractivity contribution in [1.82, 2.24) is 0 Å². The highest BCUT2D eigenvalue weighted by atomic mass is 31.2. The fourth-order valence-corrected chi connectivity index (χ4v) is 13.5. The van der Waals surface area contributed by atoms with Gasteiger partial charge in [0.15, 0.2) is 12.2 Å². The van der Waals surface area contributed by atoms with Crippen molar-refractivity contribution >= 4 is 39.5 Å². The maximum atomic E-state index is 13.1. The molecule has 0 rings (SSSR count). The van der Waals surface area contributed by atoms with Crippen molar-refractivity contribution in [3.05, 3.63) is 0 Å². The van der Waals surface area contributed by atoms with E-state index in [4.69, 9.17) is 37.0 Å². The molecule has 0 fully saturated rings. The lowest BCUT2D eigenvalue weighted by atomic mass is 10.0. The van der Waals surface area contributed by atoms with Crippen LogP contribution in [0.25, 0.3) is 0 Å². The molecule has 0 bridgehead atoms. The minimum Gasteiger partial charge on any atom is -0.462 e. The topological polar surface area (TPSA) is 237 Å². The molecule has 0 aromatic heterocycles. The summed E-state index contributed by atoms with van der Waals surface area (Å²) in [6.07, 6.45) is 52.7. The third kappa shape index (κ3) is 72.2. The van der Waals surface area contributed by atoms with Gasteiger partial charge in [0.05, 0.1) is 26.4 Å². The van der Waals surface area contributed by atoms with Gasteiger partial charge in [-0.25, -0.2) is 9.13 Å². The molecule has 0 saturated carbocycles.